The number of carboxylic acid groups (broad SMARTS) is 1. The number of carbonyl (C=O) groups is 1. The number of aliphatic hydroxyl groups is 3. The molecule has 5 rings (SSSR count). The first-order chi connectivity index (χ1) is 16.0. The average molecular weight is 489 g/mol. The molecular weight excluding hydrogens is 440 g/mol. The standard InChI is InChI=1S/C30H48O5/c1-25(2)16-18-17-8-9-20-27(5)12-11-21(31)26(3,4)19(27)10-13-29(20,7)28(17,6)14-15-30(18,24(34)35)23(33)22(25)32/h8,18-23,31-33H,9-16H2,1-7H3,(H,34,35). The van der Waals surface area contributed by atoms with E-state index in [-0.39, 0.29) is 33.7 Å². The zero-order valence-corrected chi connectivity index (χ0v) is 22.9. The average Bonchev–Trinajstić information content (AvgIpc) is 2.75. The minimum Gasteiger partial charge on any atom is -0.481 e. The Bertz CT molecular complexity index is 952. The Labute approximate surface area is 211 Å². The number of fused-ring (bicyclic) bond motifs is 7. The van der Waals surface area contributed by atoms with Gasteiger partial charge in [-0.3, -0.25) is 4.79 Å². The van der Waals surface area contributed by atoms with Crippen molar-refractivity contribution in [1.29, 1.82) is 0 Å². The molecule has 0 saturated heterocycles. The molecule has 0 heterocycles. The minimum absolute atomic E-state index is 0.0382. The van der Waals surface area contributed by atoms with Crippen LogP contribution in [0.15, 0.2) is 11.6 Å². The Balaban J connectivity index is 1.62. The van der Waals surface area contributed by atoms with Crippen molar-refractivity contribution in [3.63, 3.8) is 0 Å². The van der Waals surface area contributed by atoms with Gasteiger partial charge in [-0.1, -0.05) is 60.1 Å². The van der Waals surface area contributed by atoms with E-state index in [1.165, 1.54) is 5.57 Å². The molecule has 0 aliphatic heterocycles. The van der Waals surface area contributed by atoms with Crippen LogP contribution in [-0.4, -0.2) is 44.7 Å². The van der Waals surface area contributed by atoms with Gasteiger partial charge in [0.2, 0.25) is 0 Å². The van der Waals surface area contributed by atoms with Gasteiger partial charge in [0.05, 0.1) is 18.3 Å². The molecule has 10 atom stereocenters. The van der Waals surface area contributed by atoms with Crippen LogP contribution in [0.1, 0.15) is 99.8 Å². The third kappa shape index (κ3) is 2.90. The van der Waals surface area contributed by atoms with Gasteiger partial charge in [0.1, 0.15) is 5.41 Å². The van der Waals surface area contributed by atoms with Gasteiger partial charge in [-0.05, 0) is 96.2 Å². The molecule has 0 aromatic heterocycles. The van der Waals surface area contributed by atoms with Crippen LogP contribution >= 0.6 is 0 Å². The maximum absolute atomic E-state index is 12.8. The molecule has 5 aliphatic carbocycles. The van der Waals surface area contributed by atoms with E-state index in [1.807, 2.05) is 13.8 Å². The Morgan fingerprint density at radius 2 is 1.51 bits per heavy atom. The van der Waals surface area contributed by atoms with E-state index >= 15 is 0 Å². The largest absolute Gasteiger partial charge is 0.481 e. The zero-order chi connectivity index (χ0) is 26.0. The topological polar surface area (TPSA) is 98.0 Å². The van der Waals surface area contributed by atoms with Crippen LogP contribution in [0.25, 0.3) is 0 Å². The molecule has 0 bridgehead atoms. The van der Waals surface area contributed by atoms with Crippen LogP contribution in [0.3, 0.4) is 0 Å². The number of hydrogen-bond donors (Lipinski definition) is 4. The Morgan fingerprint density at radius 1 is 0.857 bits per heavy atom. The normalized spacial score (nSPS) is 54.4. The Kier molecular flexibility index (Phi) is 5.40. The fraction of sp³-hybridized carbons (Fsp3) is 0.900. The number of carboxylic acids is 1. The molecule has 5 nitrogen and oxygen atoms in total. The number of aliphatic hydroxyl groups excluding tert-OH is 3. The van der Waals surface area contributed by atoms with Crippen LogP contribution < -0.4 is 0 Å². The van der Waals surface area contributed by atoms with Gasteiger partial charge in [0, 0.05) is 0 Å². The number of allylic oxidation sites excluding steroid dienone is 2. The zero-order valence-electron chi connectivity index (χ0n) is 22.9. The molecule has 0 aromatic carbocycles. The van der Waals surface area contributed by atoms with Crippen molar-refractivity contribution in [3.8, 4) is 0 Å². The third-order valence-corrected chi connectivity index (χ3v) is 13.3. The van der Waals surface area contributed by atoms with Crippen LogP contribution in [-0.2, 0) is 4.79 Å². The monoisotopic (exact) mass is 488 g/mol. The fourth-order valence-electron chi connectivity index (χ4n) is 10.8. The highest BCUT2D eigenvalue weighted by Crippen LogP contribution is 2.75. The summed E-state index contributed by atoms with van der Waals surface area (Å²) in [6.45, 7) is 15.8. The van der Waals surface area contributed by atoms with Crippen molar-refractivity contribution in [3.05, 3.63) is 11.6 Å². The van der Waals surface area contributed by atoms with Gasteiger partial charge in [0.25, 0.3) is 0 Å². The minimum atomic E-state index is -1.32. The van der Waals surface area contributed by atoms with E-state index in [0.717, 1.165) is 38.5 Å². The van der Waals surface area contributed by atoms with Crippen molar-refractivity contribution >= 4 is 5.97 Å². The maximum Gasteiger partial charge on any atom is 0.313 e. The van der Waals surface area contributed by atoms with Crippen molar-refractivity contribution in [2.45, 2.75) is 118 Å². The Hall–Kier alpha value is -0.910. The number of aliphatic carboxylic acids is 1. The molecule has 0 spiro atoms. The van der Waals surface area contributed by atoms with Gasteiger partial charge in [0.15, 0.2) is 0 Å². The van der Waals surface area contributed by atoms with Crippen LogP contribution in [0, 0.1) is 50.2 Å². The molecule has 35 heavy (non-hydrogen) atoms. The molecule has 4 N–H and O–H groups in total. The van der Waals surface area contributed by atoms with Crippen LogP contribution in [0.4, 0.5) is 0 Å². The maximum atomic E-state index is 12.8. The summed E-state index contributed by atoms with van der Waals surface area (Å²) in [4.78, 5) is 12.8. The molecule has 0 aromatic rings. The van der Waals surface area contributed by atoms with E-state index in [0.29, 0.717) is 24.7 Å². The quantitative estimate of drug-likeness (QED) is 0.382. The van der Waals surface area contributed by atoms with Crippen molar-refractivity contribution in [1.82, 2.24) is 0 Å². The molecule has 4 fully saturated rings. The lowest BCUT2D eigenvalue weighted by Crippen LogP contribution is -2.68. The van der Waals surface area contributed by atoms with Crippen molar-refractivity contribution in [2.24, 2.45) is 50.2 Å². The van der Waals surface area contributed by atoms with Crippen molar-refractivity contribution < 1.29 is 25.2 Å². The second-order valence-corrected chi connectivity index (χ2v) is 15.2. The summed E-state index contributed by atoms with van der Waals surface area (Å²) in [6, 6.07) is 0. The molecule has 5 heteroatoms. The highest BCUT2D eigenvalue weighted by atomic mass is 16.4. The molecule has 5 aliphatic rings. The molecular formula is C30H48O5. The fourth-order valence-corrected chi connectivity index (χ4v) is 10.8. The molecule has 4 saturated carbocycles. The number of rotatable bonds is 1. The number of hydrogen-bond acceptors (Lipinski definition) is 4. The second-order valence-electron chi connectivity index (χ2n) is 15.2. The SMILES string of the molecule is CC1(C)CC2C3=CCC4C5(C)CCC(O)C(C)(C)C5CCC4(C)C3(C)CCC2(C(=O)O)C(O)C1O. The van der Waals surface area contributed by atoms with Crippen LogP contribution in [0.2, 0.25) is 0 Å². The van der Waals surface area contributed by atoms with E-state index in [1.54, 1.807) is 0 Å². The summed E-state index contributed by atoms with van der Waals surface area (Å²) in [5.41, 5.74) is -0.681. The highest BCUT2D eigenvalue weighted by Gasteiger charge is 2.71. The molecule has 0 amide bonds. The van der Waals surface area contributed by atoms with Gasteiger partial charge in [-0.15, -0.1) is 0 Å². The van der Waals surface area contributed by atoms with E-state index in [9.17, 15) is 25.2 Å². The summed E-state index contributed by atoms with van der Waals surface area (Å²) in [5, 5.41) is 43.6. The lowest BCUT2D eigenvalue weighted by molar-refractivity contribution is -0.226. The lowest BCUT2D eigenvalue weighted by Gasteiger charge is -2.71. The smallest absolute Gasteiger partial charge is 0.313 e. The van der Waals surface area contributed by atoms with E-state index < -0.39 is 29.0 Å². The first-order valence-corrected chi connectivity index (χ1v) is 14.0. The van der Waals surface area contributed by atoms with E-state index in [4.69, 9.17) is 0 Å². The summed E-state index contributed by atoms with van der Waals surface area (Å²) >= 11 is 0. The summed E-state index contributed by atoms with van der Waals surface area (Å²) in [7, 11) is 0. The lowest BCUT2D eigenvalue weighted by atomic mass is 9.33. The molecule has 0 radical (unpaired) electrons. The van der Waals surface area contributed by atoms with Crippen molar-refractivity contribution in [2.75, 3.05) is 0 Å². The third-order valence-electron chi connectivity index (χ3n) is 13.3. The van der Waals surface area contributed by atoms with E-state index in [2.05, 4.69) is 40.7 Å². The Morgan fingerprint density at radius 3 is 2.14 bits per heavy atom. The summed E-state index contributed by atoms with van der Waals surface area (Å²) in [6.07, 6.45) is 6.54. The first kappa shape index (κ1) is 25.7. The predicted molar refractivity (Wildman–Crippen MR) is 135 cm³/mol. The summed E-state index contributed by atoms with van der Waals surface area (Å²) < 4.78 is 0. The van der Waals surface area contributed by atoms with Gasteiger partial charge < -0.3 is 20.4 Å². The van der Waals surface area contributed by atoms with Gasteiger partial charge in [-0.25, -0.2) is 0 Å². The molecule has 10 unspecified atom stereocenters. The predicted octanol–water partition coefficient (Wildman–Crippen LogP) is 5.18. The molecule has 198 valence electrons. The first-order valence-electron chi connectivity index (χ1n) is 14.0. The highest BCUT2D eigenvalue weighted by molar-refractivity contribution is 5.78. The van der Waals surface area contributed by atoms with Gasteiger partial charge >= 0.3 is 5.97 Å². The summed E-state index contributed by atoms with van der Waals surface area (Å²) in [5.74, 6) is -0.264. The van der Waals surface area contributed by atoms with Gasteiger partial charge in [-0.2, -0.15) is 0 Å². The van der Waals surface area contributed by atoms with Crippen LogP contribution in [0.5, 0.6) is 0 Å². The second kappa shape index (κ2) is 7.35.